The molecular formula is C16H21NO2. The third-order valence-corrected chi connectivity index (χ3v) is 2.62. The van der Waals surface area contributed by atoms with Crippen LogP contribution in [0.2, 0.25) is 0 Å². The van der Waals surface area contributed by atoms with Gasteiger partial charge in [-0.3, -0.25) is 4.79 Å². The van der Waals surface area contributed by atoms with E-state index in [0.29, 0.717) is 12.8 Å². The number of hydrogen-bond donors (Lipinski definition) is 2. The van der Waals surface area contributed by atoms with E-state index < -0.39 is 0 Å². The Bertz CT molecular complexity index is 457. The Morgan fingerprint density at radius 2 is 2.21 bits per heavy atom. The smallest absolute Gasteiger partial charge is 0.224 e. The molecule has 0 atom stereocenters. The average molecular weight is 259 g/mol. The van der Waals surface area contributed by atoms with Gasteiger partial charge in [0.25, 0.3) is 0 Å². The van der Waals surface area contributed by atoms with E-state index in [1.807, 2.05) is 24.3 Å². The topological polar surface area (TPSA) is 49.3 Å². The molecule has 3 heteroatoms. The monoisotopic (exact) mass is 259 g/mol. The van der Waals surface area contributed by atoms with Crippen molar-refractivity contribution < 1.29 is 9.90 Å². The lowest BCUT2D eigenvalue weighted by Crippen LogP contribution is -2.10. The Balaban J connectivity index is 2.52. The van der Waals surface area contributed by atoms with Gasteiger partial charge in [0.05, 0.1) is 6.61 Å². The van der Waals surface area contributed by atoms with Gasteiger partial charge in [0.1, 0.15) is 0 Å². The highest BCUT2D eigenvalue weighted by molar-refractivity contribution is 5.90. The molecule has 1 aromatic carbocycles. The van der Waals surface area contributed by atoms with Gasteiger partial charge in [-0.1, -0.05) is 37.7 Å². The van der Waals surface area contributed by atoms with E-state index in [1.54, 1.807) is 0 Å². The van der Waals surface area contributed by atoms with E-state index in [2.05, 4.69) is 24.1 Å². The lowest BCUT2D eigenvalue weighted by molar-refractivity contribution is -0.116. The molecule has 0 bridgehead atoms. The molecule has 0 aliphatic heterocycles. The van der Waals surface area contributed by atoms with Crippen molar-refractivity contribution in [2.24, 2.45) is 0 Å². The van der Waals surface area contributed by atoms with Crippen LogP contribution in [0.15, 0.2) is 24.3 Å². The highest BCUT2D eigenvalue weighted by Crippen LogP contribution is 2.11. The van der Waals surface area contributed by atoms with Gasteiger partial charge < -0.3 is 10.4 Å². The first kappa shape index (κ1) is 15.3. The summed E-state index contributed by atoms with van der Waals surface area (Å²) in [4.78, 5) is 11.7. The maximum absolute atomic E-state index is 11.7. The number of carbonyl (C=O) groups excluding carboxylic acids is 1. The van der Waals surface area contributed by atoms with Gasteiger partial charge in [-0.05, 0) is 24.6 Å². The van der Waals surface area contributed by atoms with Crippen LogP contribution in [0.25, 0.3) is 0 Å². The molecular weight excluding hydrogens is 238 g/mol. The molecule has 102 valence electrons. The van der Waals surface area contributed by atoms with Crippen LogP contribution < -0.4 is 5.32 Å². The fourth-order valence-corrected chi connectivity index (χ4v) is 1.65. The minimum absolute atomic E-state index is 0.0499. The molecule has 0 fully saturated rings. The van der Waals surface area contributed by atoms with Gasteiger partial charge in [0.2, 0.25) is 5.91 Å². The van der Waals surface area contributed by atoms with Gasteiger partial charge in [-0.15, -0.1) is 0 Å². The van der Waals surface area contributed by atoms with Crippen molar-refractivity contribution in [2.45, 2.75) is 39.0 Å². The van der Waals surface area contributed by atoms with Gasteiger partial charge in [0.15, 0.2) is 0 Å². The second-order valence-electron chi connectivity index (χ2n) is 4.36. The van der Waals surface area contributed by atoms with Gasteiger partial charge >= 0.3 is 0 Å². The van der Waals surface area contributed by atoms with Crippen LogP contribution in [0.5, 0.6) is 0 Å². The number of hydrogen-bond acceptors (Lipinski definition) is 2. The maximum Gasteiger partial charge on any atom is 0.224 e. The molecule has 2 N–H and O–H groups in total. The standard InChI is InChI=1S/C16H21NO2/c1-2-3-4-11-16(19)17-15-10-7-9-14(13-15)8-5-6-12-18/h7,9-10,13,18H,2-4,6,11-12H2,1H3,(H,17,19). The number of carbonyl (C=O) groups is 1. The summed E-state index contributed by atoms with van der Waals surface area (Å²) in [5.74, 6) is 5.86. The van der Waals surface area contributed by atoms with Crippen molar-refractivity contribution in [2.75, 3.05) is 11.9 Å². The van der Waals surface area contributed by atoms with Crippen LogP contribution in [0.1, 0.15) is 44.6 Å². The molecule has 3 nitrogen and oxygen atoms in total. The number of aliphatic hydroxyl groups excluding tert-OH is 1. The molecule has 1 aromatic rings. The summed E-state index contributed by atoms with van der Waals surface area (Å²) in [5.41, 5.74) is 1.62. The first-order valence-electron chi connectivity index (χ1n) is 6.76. The van der Waals surface area contributed by atoms with Crippen molar-refractivity contribution in [3.05, 3.63) is 29.8 Å². The maximum atomic E-state index is 11.7. The number of unbranched alkanes of at least 4 members (excludes halogenated alkanes) is 2. The number of aliphatic hydroxyl groups is 1. The molecule has 0 aromatic heterocycles. The molecule has 0 spiro atoms. The van der Waals surface area contributed by atoms with E-state index in [4.69, 9.17) is 5.11 Å². The van der Waals surface area contributed by atoms with Crippen molar-refractivity contribution >= 4 is 11.6 Å². The van der Waals surface area contributed by atoms with E-state index >= 15 is 0 Å². The minimum Gasteiger partial charge on any atom is -0.395 e. The highest BCUT2D eigenvalue weighted by Gasteiger charge is 2.01. The third-order valence-electron chi connectivity index (χ3n) is 2.62. The molecule has 0 aliphatic rings. The van der Waals surface area contributed by atoms with Crippen molar-refractivity contribution in [1.29, 1.82) is 0 Å². The number of amides is 1. The number of rotatable bonds is 6. The Morgan fingerprint density at radius 1 is 1.37 bits per heavy atom. The van der Waals surface area contributed by atoms with Crippen LogP contribution in [-0.4, -0.2) is 17.6 Å². The van der Waals surface area contributed by atoms with E-state index in [0.717, 1.165) is 30.5 Å². The predicted octanol–water partition coefficient (Wildman–Crippen LogP) is 2.94. The number of anilines is 1. The molecule has 1 rings (SSSR count). The fraction of sp³-hybridized carbons (Fsp3) is 0.438. The summed E-state index contributed by atoms with van der Waals surface area (Å²) in [6.07, 6.45) is 4.16. The Kier molecular flexibility index (Phi) is 7.38. The predicted molar refractivity (Wildman–Crippen MR) is 77.8 cm³/mol. The Labute approximate surface area is 115 Å². The molecule has 0 heterocycles. The summed E-state index contributed by atoms with van der Waals surface area (Å²) >= 11 is 0. The molecule has 0 saturated heterocycles. The zero-order valence-electron chi connectivity index (χ0n) is 11.4. The Morgan fingerprint density at radius 3 is 2.95 bits per heavy atom. The van der Waals surface area contributed by atoms with Crippen LogP contribution >= 0.6 is 0 Å². The van der Waals surface area contributed by atoms with Gasteiger partial charge in [-0.2, -0.15) is 0 Å². The van der Waals surface area contributed by atoms with Crippen LogP contribution in [0.3, 0.4) is 0 Å². The SMILES string of the molecule is CCCCCC(=O)Nc1cccc(C#CCCO)c1. The lowest BCUT2D eigenvalue weighted by Gasteiger charge is -2.05. The molecule has 0 aliphatic carbocycles. The van der Waals surface area contributed by atoms with E-state index in [-0.39, 0.29) is 12.5 Å². The van der Waals surface area contributed by atoms with Crippen LogP contribution in [0.4, 0.5) is 5.69 Å². The molecule has 0 unspecified atom stereocenters. The first-order valence-corrected chi connectivity index (χ1v) is 6.76. The summed E-state index contributed by atoms with van der Waals surface area (Å²) in [5, 5.41) is 11.5. The first-order chi connectivity index (χ1) is 9.26. The zero-order valence-corrected chi connectivity index (χ0v) is 11.4. The summed E-state index contributed by atoms with van der Waals surface area (Å²) < 4.78 is 0. The van der Waals surface area contributed by atoms with Gasteiger partial charge in [0, 0.05) is 24.1 Å². The molecule has 1 amide bonds. The van der Waals surface area contributed by atoms with Gasteiger partial charge in [-0.25, -0.2) is 0 Å². The molecule has 0 saturated carbocycles. The van der Waals surface area contributed by atoms with Crippen molar-refractivity contribution in [1.82, 2.24) is 0 Å². The molecule has 0 radical (unpaired) electrons. The minimum atomic E-state index is 0.0499. The largest absolute Gasteiger partial charge is 0.395 e. The lowest BCUT2D eigenvalue weighted by atomic mass is 10.1. The second-order valence-corrected chi connectivity index (χ2v) is 4.36. The van der Waals surface area contributed by atoms with Crippen LogP contribution in [0, 0.1) is 11.8 Å². The van der Waals surface area contributed by atoms with E-state index in [9.17, 15) is 4.79 Å². The van der Waals surface area contributed by atoms with Crippen molar-refractivity contribution in [3.8, 4) is 11.8 Å². The summed E-state index contributed by atoms with van der Waals surface area (Å²) in [6, 6.07) is 7.46. The average Bonchev–Trinajstić information content (AvgIpc) is 2.40. The summed E-state index contributed by atoms with van der Waals surface area (Å²) in [7, 11) is 0. The highest BCUT2D eigenvalue weighted by atomic mass is 16.2. The van der Waals surface area contributed by atoms with E-state index in [1.165, 1.54) is 0 Å². The van der Waals surface area contributed by atoms with Crippen molar-refractivity contribution in [3.63, 3.8) is 0 Å². The quantitative estimate of drug-likeness (QED) is 0.609. The number of nitrogens with one attached hydrogen (secondary N) is 1. The fourth-order valence-electron chi connectivity index (χ4n) is 1.65. The normalized spacial score (nSPS) is 9.58. The third kappa shape index (κ3) is 6.64. The van der Waals surface area contributed by atoms with Crippen LogP contribution in [-0.2, 0) is 4.79 Å². The zero-order chi connectivity index (χ0) is 13.9. The summed E-state index contributed by atoms with van der Waals surface area (Å²) in [6.45, 7) is 2.19. The Hall–Kier alpha value is -1.79. The number of benzene rings is 1. The molecule has 19 heavy (non-hydrogen) atoms. The second kappa shape index (κ2) is 9.18.